The van der Waals surface area contributed by atoms with Crippen molar-refractivity contribution in [3.63, 3.8) is 0 Å². The summed E-state index contributed by atoms with van der Waals surface area (Å²) in [5, 5.41) is 1.59. The van der Waals surface area contributed by atoms with Crippen molar-refractivity contribution in [3.05, 3.63) is 0 Å². The summed E-state index contributed by atoms with van der Waals surface area (Å²) in [7, 11) is -2.54. The highest BCUT2D eigenvalue weighted by Crippen LogP contribution is 2.12. The van der Waals surface area contributed by atoms with Crippen LogP contribution in [0.25, 0.3) is 0 Å². The molecule has 0 aliphatic carbocycles. The van der Waals surface area contributed by atoms with Gasteiger partial charge < -0.3 is 5.32 Å². The molecule has 0 spiro atoms. The monoisotopic (exact) mass is 310 g/mol. The fourth-order valence-corrected chi connectivity index (χ4v) is 2.37. The van der Waals surface area contributed by atoms with Crippen molar-refractivity contribution in [2.75, 3.05) is 31.8 Å². The van der Waals surface area contributed by atoms with Crippen LogP contribution in [0.15, 0.2) is 0 Å². The standard InChI is InChI=1S/C8H14ClF3N2O3S/c1-14(18(16,17)4-2-3-9)5-7(15)13-6-8(10,11)12/h2-6H2,1H3,(H,13,15). The molecule has 0 heterocycles. The van der Waals surface area contributed by atoms with E-state index in [-0.39, 0.29) is 18.1 Å². The van der Waals surface area contributed by atoms with Crippen LogP contribution < -0.4 is 5.32 Å². The van der Waals surface area contributed by atoms with Crippen molar-refractivity contribution in [2.45, 2.75) is 12.6 Å². The SMILES string of the molecule is CN(CC(=O)NCC(F)(F)F)S(=O)(=O)CCCCl. The molecule has 0 atom stereocenters. The second-order valence-corrected chi connectivity index (χ2v) is 6.08. The minimum Gasteiger partial charge on any atom is -0.346 e. The van der Waals surface area contributed by atoms with Gasteiger partial charge in [-0.1, -0.05) is 0 Å². The van der Waals surface area contributed by atoms with Gasteiger partial charge in [-0.05, 0) is 6.42 Å². The minimum atomic E-state index is -4.52. The molecule has 0 bridgehead atoms. The van der Waals surface area contributed by atoms with Gasteiger partial charge in [0, 0.05) is 12.9 Å². The number of hydrogen-bond donors (Lipinski definition) is 1. The molecule has 108 valence electrons. The highest BCUT2D eigenvalue weighted by molar-refractivity contribution is 7.89. The molecule has 0 aliphatic heterocycles. The number of hydrogen-bond acceptors (Lipinski definition) is 3. The quantitative estimate of drug-likeness (QED) is 0.699. The number of nitrogens with one attached hydrogen (secondary N) is 1. The fourth-order valence-electron chi connectivity index (χ4n) is 0.948. The van der Waals surface area contributed by atoms with E-state index in [1.807, 2.05) is 0 Å². The molecular weight excluding hydrogens is 297 g/mol. The number of halogens is 4. The number of nitrogens with zero attached hydrogens (tertiary/aromatic N) is 1. The van der Waals surface area contributed by atoms with E-state index in [4.69, 9.17) is 11.6 Å². The van der Waals surface area contributed by atoms with Gasteiger partial charge in [0.1, 0.15) is 6.54 Å². The zero-order chi connectivity index (χ0) is 14.4. The summed E-state index contributed by atoms with van der Waals surface area (Å²) in [6.45, 7) is -2.14. The molecule has 10 heteroatoms. The Kier molecular flexibility index (Phi) is 6.93. The van der Waals surface area contributed by atoms with E-state index < -0.39 is 35.2 Å². The van der Waals surface area contributed by atoms with Crippen molar-refractivity contribution in [2.24, 2.45) is 0 Å². The maximum absolute atomic E-state index is 11.8. The first kappa shape index (κ1) is 17.5. The topological polar surface area (TPSA) is 66.5 Å². The third kappa shape index (κ3) is 7.72. The third-order valence-corrected chi connectivity index (χ3v) is 4.01. The van der Waals surface area contributed by atoms with Crippen molar-refractivity contribution in [1.82, 2.24) is 9.62 Å². The number of carbonyl (C=O) groups is 1. The van der Waals surface area contributed by atoms with Gasteiger partial charge in [-0.15, -0.1) is 11.6 Å². The Morgan fingerprint density at radius 3 is 2.39 bits per heavy atom. The normalized spacial score (nSPS) is 12.8. The summed E-state index contributed by atoms with van der Waals surface area (Å²) in [6, 6.07) is 0. The van der Waals surface area contributed by atoms with Gasteiger partial charge in [-0.25, -0.2) is 8.42 Å². The molecule has 0 aromatic heterocycles. The number of carbonyl (C=O) groups excluding carboxylic acids is 1. The van der Waals surface area contributed by atoms with Crippen LogP contribution in [0.4, 0.5) is 13.2 Å². The van der Waals surface area contributed by atoms with E-state index in [0.717, 1.165) is 7.05 Å². The highest BCUT2D eigenvalue weighted by Gasteiger charge is 2.28. The van der Waals surface area contributed by atoms with Crippen LogP contribution in [0, 0.1) is 0 Å². The zero-order valence-electron chi connectivity index (χ0n) is 9.63. The molecule has 0 unspecified atom stereocenters. The van der Waals surface area contributed by atoms with Gasteiger partial charge in [0.25, 0.3) is 0 Å². The first-order chi connectivity index (χ1) is 8.08. The lowest BCUT2D eigenvalue weighted by Crippen LogP contribution is -2.42. The van der Waals surface area contributed by atoms with Gasteiger partial charge in [0.05, 0.1) is 12.3 Å². The van der Waals surface area contributed by atoms with Crippen molar-refractivity contribution >= 4 is 27.5 Å². The lowest BCUT2D eigenvalue weighted by atomic mass is 10.5. The molecule has 0 radical (unpaired) electrons. The molecule has 1 N–H and O–H groups in total. The number of amides is 1. The summed E-state index contributed by atoms with van der Waals surface area (Å²) in [6.07, 6.45) is -4.32. The molecule has 18 heavy (non-hydrogen) atoms. The van der Waals surface area contributed by atoms with E-state index in [0.29, 0.717) is 4.31 Å². The summed E-state index contributed by atoms with van der Waals surface area (Å²) >= 11 is 5.33. The van der Waals surface area contributed by atoms with Gasteiger partial charge in [0.15, 0.2) is 0 Å². The Bertz CT molecular complexity index is 372. The van der Waals surface area contributed by atoms with Gasteiger partial charge in [-0.2, -0.15) is 17.5 Å². The lowest BCUT2D eigenvalue weighted by molar-refractivity contribution is -0.138. The second-order valence-electron chi connectivity index (χ2n) is 3.51. The van der Waals surface area contributed by atoms with Crippen LogP contribution in [-0.4, -0.2) is 56.6 Å². The summed E-state index contributed by atoms with van der Waals surface area (Å²) in [5.41, 5.74) is 0. The molecule has 0 aromatic rings. The first-order valence-corrected chi connectivity index (χ1v) is 7.06. The Morgan fingerprint density at radius 1 is 1.39 bits per heavy atom. The Labute approximate surface area is 108 Å². The molecule has 0 rings (SSSR count). The first-order valence-electron chi connectivity index (χ1n) is 4.92. The van der Waals surface area contributed by atoms with E-state index >= 15 is 0 Å². The van der Waals surface area contributed by atoms with Crippen molar-refractivity contribution in [1.29, 1.82) is 0 Å². The number of sulfonamides is 1. The second kappa shape index (κ2) is 7.15. The van der Waals surface area contributed by atoms with Crippen LogP contribution in [0.1, 0.15) is 6.42 Å². The fraction of sp³-hybridized carbons (Fsp3) is 0.875. The minimum absolute atomic E-state index is 0.146. The van der Waals surface area contributed by atoms with E-state index in [2.05, 4.69) is 0 Å². The molecule has 5 nitrogen and oxygen atoms in total. The predicted octanol–water partition coefficient (Wildman–Crippen LogP) is 0.555. The molecule has 0 fully saturated rings. The van der Waals surface area contributed by atoms with E-state index in [9.17, 15) is 26.4 Å². The zero-order valence-corrected chi connectivity index (χ0v) is 11.2. The Balaban J connectivity index is 4.23. The summed E-state index contributed by atoms with van der Waals surface area (Å²) < 4.78 is 59.1. The van der Waals surface area contributed by atoms with Crippen LogP contribution in [-0.2, 0) is 14.8 Å². The predicted molar refractivity (Wildman–Crippen MR) is 60.8 cm³/mol. The third-order valence-electron chi connectivity index (χ3n) is 1.86. The van der Waals surface area contributed by atoms with Crippen LogP contribution in [0.2, 0.25) is 0 Å². The summed E-state index contributed by atoms with van der Waals surface area (Å²) in [4.78, 5) is 11.1. The highest BCUT2D eigenvalue weighted by atomic mass is 35.5. The maximum Gasteiger partial charge on any atom is 0.405 e. The average molecular weight is 311 g/mol. The number of alkyl halides is 4. The van der Waals surface area contributed by atoms with Crippen molar-refractivity contribution in [3.8, 4) is 0 Å². The summed E-state index contributed by atoms with van der Waals surface area (Å²) in [5.74, 6) is -1.11. The van der Waals surface area contributed by atoms with Gasteiger partial charge in [0.2, 0.25) is 15.9 Å². The largest absolute Gasteiger partial charge is 0.405 e. The maximum atomic E-state index is 11.8. The van der Waals surface area contributed by atoms with E-state index in [1.165, 1.54) is 0 Å². The Morgan fingerprint density at radius 2 is 1.94 bits per heavy atom. The molecule has 0 saturated heterocycles. The average Bonchev–Trinajstić information content (AvgIpc) is 2.22. The van der Waals surface area contributed by atoms with Crippen LogP contribution >= 0.6 is 11.6 Å². The number of rotatable bonds is 7. The Hall–Kier alpha value is -0.540. The van der Waals surface area contributed by atoms with Crippen LogP contribution in [0.3, 0.4) is 0 Å². The molecular formula is C8H14ClF3N2O3S. The molecule has 0 saturated carbocycles. The number of likely N-dealkylation sites (N-methyl/N-ethyl adjacent to an activating group) is 1. The lowest BCUT2D eigenvalue weighted by Gasteiger charge is -2.16. The smallest absolute Gasteiger partial charge is 0.346 e. The molecule has 0 aliphatic rings. The van der Waals surface area contributed by atoms with Gasteiger partial charge in [-0.3, -0.25) is 4.79 Å². The van der Waals surface area contributed by atoms with E-state index in [1.54, 1.807) is 5.32 Å². The molecule has 1 amide bonds. The van der Waals surface area contributed by atoms with Crippen LogP contribution in [0.5, 0.6) is 0 Å². The molecule has 0 aromatic carbocycles. The van der Waals surface area contributed by atoms with Gasteiger partial charge >= 0.3 is 6.18 Å². The van der Waals surface area contributed by atoms with Crippen molar-refractivity contribution < 1.29 is 26.4 Å².